The van der Waals surface area contributed by atoms with E-state index in [-0.39, 0.29) is 11.8 Å². The maximum atomic E-state index is 13.8. The number of hydrogen-bond donors (Lipinski definition) is 2. The molecule has 1 aromatic heterocycles. The van der Waals surface area contributed by atoms with Crippen molar-refractivity contribution in [3.63, 3.8) is 0 Å². The Morgan fingerprint density at radius 2 is 1.75 bits per heavy atom. The van der Waals surface area contributed by atoms with Gasteiger partial charge in [-0.15, -0.1) is 0 Å². The van der Waals surface area contributed by atoms with Crippen LogP contribution in [0.4, 0.5) is 17.2 Å². The van der Waals surface area contributed by atoms with Gasteiger partial charge in [-0.3, -0.25) is 9.59 Å². The molecule has 2 N–H and O–H groups in total. The van der Waals surface area contributed by atoms with Crippen LogP contribution in [0.5, 0.6) is 11.5 Å². The topological polar surface area (TPSA) is 107 Å². The predicted molar refractivity (Wildman–Crippen MR) is 155 cm³/mol. The zero-order valence-electron chi connectivity index (χ0n) is 22.8. The molecule has 0 aliphatic carbocycles. The van der Waals surface area contributed by atoms with Gasteiger partial charge in [-0.25, -0.2) is 9.67 Å². The third kappa shape index (κ3) is 5.31. The van der Waals surface area contributed by atoms with Crippen LogP contribution >= 0.6 is 0 Å². The quantitative estimate of drug-likeness (QED) is 0.295. The first kappa shape index (κ1) is 26.7. The molecule has 9 heteroatoms. The first-order valence-electron chi connectivity index (χ1n) is 13.1. The van der Waals surface area contributed by atoms with E-state index in [4.69, 9.17) is 14.5 Å². The van der Waals surface area contributed by atoms with E-state index in [1.807, 2.05) is 74.5 Å². The summed E-state index contributed by atoms with van der Waals surface area (Å²) in [6.45, 7) is 6.23. The van der Waals surface area contributed by atoms with Crippen molar-refractivity contribution >= 4 is 34.7 Å². The highest BCUT2D eigenvalue weighted by Crippen LogP contribution is 2.39. The average Bonchev–Trinajstić information content (AvgIpc) is 3.37. The molecule has 2 amide bonds. The molecule has 0 bridgehead atoms. The fourth-order valence-electron chi connectivity index (χ4n) is 4.91. The van der Waals surface area contributed by atoms with Crippen molar-refractivity contribution in [1.82, 2.24) is 9.78 Å². The number of ether oxygens (including phenoxy) is 2. The van der Waals surface area contributed by atoms with E-state index in [1.54, 1.807) is 30.8 Å². The standard InChI is InChI=1S/C31H31N5O4/c1-5-40-23-15-13-21(14-16-23)28-27(31(38)35-25-11-6-7-12-26(25)39-4)20(3)33-29-24(18-32-36(28)29)30(37)34-22-10-8-9-19(2)17-22/h6-18,27-28H,5H2,1-4H3,(H,34,37)(H,35,38). The van der Waals surface area contributed by atoms with Crippen LogP contribution in [0.1, 0.15) is 41.4 Å². The number of benzene rings is 3. The molecule has 0 saturated carbocycles. The minimum absolute atomic E-state index is 0.267. The highest BCUT2D eigenvalue weighted by Gasteiger charge is 2.40. The fraction of sp³-hybridized carbons (Fsp3) is 0.226. The van der Waals surface area contributed by atoms with Crippen LogP contribution < -0.4 is 20.1 Å². The molecule has 5 rings (SSSR count). The molecule has 3 aromatic carbocycles. The van der Waals surface area contributed by atoms with Crippen molar-refractivity contribution < 1.29 is 19.1 Å². The van der Waals surface area contributed by atoms with Gasteiger partial charge in [0.15, 0.2) is 5.82 Å². The highest BCUT2D eigenvalue weighted by molar-refractivity contribution is 6.13. The number of rotatable bonds is 8. The molecular weight excluding hydrogens is 506 g/mol. The molecule has 40 heavy (non-hydrogen) atoms. The third-order valence-electron chi connectivity index (χ3n) is 6.78. The lowest BCUT2D eigenvalue weighted by Gasteiger charge is -2.31. The van der Waals surface area contributed by atoms with Crippen LogP contribution in [0.15, 0.2) is 84.0 Å². The van der Waals surface area contributed by atoms with Gasteiger partial charge >= 0.3 is 0 Å². The number of amides is 2. The molecular formula is C31H31N5O4. The van der Waals surface area contributed by atoms with Gasteiger partial charge in [0.05, 0.1) is 31.6 Å². The van der Waals surface area contributed by atoms with Crippen molar-refractivity contribution in [2.24, 2.45) is 10.9 Å². The van der Waals surface area contributed by atoms with Crippen LogP contribution in [0, 0.1) is 12.8 Å². The smallest absolute Gasteiger partial charge is 0.261 e. The second-order valence-electron chi connectivity index (χ2n) is 9.52. The SMILES string of the molecule is CCOc1ccc(C2C(C(=O)Nc3ccccc3OC)C(C)=Nc3c(C(=O)Nc4cccc(C)c4)cnn32)cc1. The average molecular weight is 538 g/mol. The predicted octanol–water partition coefficient (Wildman–Crippen LogP) is 5.80. The molecule has 204 valence electrons. The molecule has 2 unspecified atom stereocenters. The second-order valence-corrected chi connectivity index (χ2v) is 9.52. The van der Waals surface area contributed by atoms with Crippen LogP contribution in [-0.2, 0) is 4.79 Å². The fourth-order valence-corrected chi connectivity index (χ4v) is 4.91. The van der Waals surface area contributed by atoms with Gasteiger partial charge in [-0.1, -0.05) is 36.4 Å². The van der Waals surface area contributed by atoms with Crippen molar-refractivity contribution in [2.75, 3.05) is 24.4 Å². The van der Waals surface area contributed by atoms with Crippen LogP contribution in [-0.4, -0.2) is 41.0 Å². The minimum atomic E-state index is -0.706. The number of carbonyl (C=O) groups excluding carboxylic acids is 2. The summed E-state index contributed by atoms with van der Waals surface area (Å²) in [6.07, 6.45) is 1.50. The Hall–Kier alpha value is -4.92. The number of aliphatic imine (C=N–C) groups is 1. The Morgan fingerprint density at radius 1 is 0.975 bits per heavy atom. The first-order chi connectivity index (χ1) is 19.4. The highest BCUT2D eigenvalue weighted by atomic mass is 16.5. The van der Waals surface area contributed by atoms with Gasteiger partial charge in [-0.2, -0.15) is 5.10 Å². The molecule has 0 radical (unpaired) electrons. The van der Waals surface area contributed by atoms with Crippen molar-refractivity contribution in [2.45, 2.75) is 26.8 Å². The van der Waals surface area contributed by atoms with E-state index in [9.17, 15) is 9.59 Å². The Kier molecular flexibility index (Phi) is 7.63. The van der Waals surface area contributed by atoms with Gasteiger partial charge in [0.25, 0.3) is 5.91 Å². The summed E-state index contributed by atoms with van der Waals surface area (Å²) in [5.74, 6) is 0.364. The Bertz CT molecular complexity index is 1570. The number of para-hydroxylation sites is 2. The van der Waals surface area contributed by atoms with E-state index < -0.39 is 12.0 Å². The molecule has 0 fully saturated rings. The second kappa shape index (κ2) is 11.4. The Balaban J connectivity index is 1.54. The van der Waals surface area contributed by atoms with Gasteiger partial charge in [0.1, 0.15) is 23.0 Å². The van der Waals surface area contributed by atoms with E-state index >= 15 is 0 Å². The maximum absolute atomic E-state index is 13.8. The number of nitrogens with zero attached hydrogens (tertiary/aromatic N) is 3. The number of hydrogen-bond acceptors (Lipinski definition) is 6. The molecule has 0 spiro atoms. The number of carbonyl (C=O) groups is 2. The monoisotopic (exact) mass is 537 g/mol. The van der Waals surface area contributed by atoms with Gasteiger partial charge < -0.3 is 20.1 Å². The summed E-state index contributed by atoms with van der Waals surface area (Å²) in [5, 5.41) is 10.5. The third-order valence-corrected chi connectivity index (χ3v) is 6.78. The lowest BCUT2D eigenvalue weighted by Crippen LogP contribution is -2.39. The summed E-state index contributed by atoms with van der Waals surface area (Å²) in [4.78, 5) is 31.9. The first-order valence-corrected chi connectivity index (χ1v) is 13.1. The van der Waals surface area contributed by atoms with Gasteiger partial charge in [-0.05, 0) is 68.3 Å². The number of fused-ring (bicyclic) bond motifs is 1. The van der Waals surface area contributed by atoms with Crippen molar-refractivity contribution in [1.29, 1.82) is 0 Å². The minimum Gasteiger partial charge on any atom is -0.495 e. The molecule has 9 nitrogen and oxygen atoms in total. The van der Waals surface area contributed by atoms with Crippen molar-refractivity contribution in [3.8, 4) is 11.5 Å². The number of nitrogens with one attached hydrogen (secondary N) is 2. The molecule has 0 saturated heterocycles. The number of anilines is 2. The Morgan fingerprint density at radius 3 is 2.48 bits per heavy atom. The largest absolute Gasteiger partial charge is 0.495 e. The van der Waals surface area contributed by atoms with Crippen molar-refractivity contribution in [3.05, 3.63) is 95.7 Å². The maximum Gasteiger partial charge on any atom is 0.261 e. The van der Waals surface area contributed by atoms with E-state index in [0.29, 0.717) is 40.8 Å². The van der Waals surface area contributed by atoms with Crippen LogP contribution in [0.2, 0.25) is 0 Å². The number of aromatic nitrogens is 2. The van der Waals surface area contributed by atoms with Gasteiger partial charge in [0.2, 0.25) is 5.91 Å². The van der Waals surface area contributed by atoms with Crippen LogP contribution in [0.25, 0.3) is 0 Å². The van der Waals surface area contributed by atoms with Crippen LogP contribution in [0.3, 0.4) is 0 Å². The summed E-state index contributed by atoms with van der Waals surface area (Å²) < 4.78 is 12.7. The summed E-state index contributed by atoms with van der Waals surface area (Å²) in [6, 6.07) is 21.8. The van der Waals surface area contributed by atoms with Gasteiger partial charge in [0, 0.05) is 11.4 Å². The summed E-state index contributed by atoms with van der Waals surface area (Å²) in [7, 11) is 1.56. The molecule has 2 heterocycles. The molecule has 1 aliphatic heterocycles. The number of aryl methyl sites for hydroxylation is 1. The lowest BCUT2D eigenvalue weighted by atomic mass is 9.87. The summed E-state index contributed by atoms with van der Waals surface area (Å²) >= 11 is 0. The number of methoxy groups -OCH3 is 1. The molecule has 4 aromatic rings. The Labute approximate surface area is 232 Å². The van der Waals surface area contributed by atoms with E-state index in [0.717, 1.165) is 16.9 Å². The van der Waals surface area contributed by atoms with E-state index in [1.165, 1.54) is 6.20 Å². The van der Waals surface area contributed by atoms with E-state index in [2.05, 4.69) is 15.7 Å². The zero-order chi connectivity index (χ0) is 28.2. The molecule has 1 aliphatic rings. The molecule has 2 atom stereocenters. The lowest BCUT2D eigenvalue weighted by molar-refractivity contribution is -0.118. The normalized spacial score (nSPS) is 15.9. The summed E-state index contributed by atoms with van der Waals surface area (Å²) in [5.41, 5.74) is 3.97. The zero-order valence-corrected chi connectivity index (χ0v) is 22.8.